The molecule has 0 bridgehead atoms. The SMILES string of the molecule is CC(N(C)C(=O)c1cc(Br)ccc1N)C(C)(C)C. The third kappa shape index (κ3) is 3.25. The smallest absolute Gasteiger partial charge is 0.255 e. The van der Waals surface area contributed by atoms with Crippen LogP contribution < -0.4 is 5.73 Å². The molecule has 1 unspecified atom stereocenters. The average molecular weight is 313 g/mol. The van der Waals surface area contributed by atoms with E-state index in [0.29, 0.717) is 11.3 Å². The van der Waals surface area contributed by atoms with Gasteiger partial charge < -0.3 is 10.6 Å². The summed E-state index contributed by atoms with van der Waals surface area (Å²) >= 11 is 3.36. The number of rotatable bonds is 2. The fraction of sp³-hybridized carbons (Fsp3) is 0.500. The van der Waals surface area contributed by atoms with Crippen molar-refractivity contribution in [3.05, 3.63) is 28.2 Å². The monoisotopic (exact) mass is 312 g/mol. The van der Waals surface area contributed by atoms with Crippen molar-refractivity contribution >= 4 is 27.5 Å². The quantitative estimate of drug-likeness (QED) is 0.849. The van der Waals surface area contributed by atoms with Crippen LogP contribution in [0.1, 0.15) is 38.1 Å². The summed E-state index contributed by atoms with van der Waals surface area (Å²) in [4.78, 5) is 14.2. The second-order valence-corrected chi connectivity index (χ2v) is 6.61. The van der Waals surface area contributed by atoms with E-state index in [0.717, 1.165) is 4.47 Å². The molecule has 2 N–H and O–H groups in total. The minimum absolute atomic E-state index is 0.0329. The third-order valence-electron chi connectivity index (χ3n) is 3.40. The Labute approximate surface area is 117 Å². The Morgan fingerprint density at radius 1 is 1.39 bits per heavy atom. The maximum Gasteiger partial charge on any atom is 0.255 e. The molecule has 0 aliphatic carbocycles. The third-order valence-corrected chi connectivity index (χ3v) is 3.89. The number of nitrogens with two attached hydrogens (primary N) is 1. The average Bonchev–Trinajstić information content (AvgIpc) is 2.28. The number of anilines is 1. The summed E-state index contributed by atoms with van der Waals surface area (Å²) in [6.07, 6.45) is 0. The molecule has 100 valence electrons. The molecule has 18 heavy (non-hydrogen) atoms. The molecule has 1 rings (SSSR count). The molecule has 0 aliphatic heterocycles. The van der Waals surface area contributed by atoms with Crippen LogP contribution in [0.25, 0.3) is 0 Å². The van der Waals surface area contributed by atoms with E-state index in [9.17, 15) is 4.79 Å². The minimum atomic E-state index is -0.0452. The number of nitrogen functional groups attached to an aromatic ring is 1. The van der Waals surface area contributed by atoms with Gasteiger partial charge in [0.2, 0.25) is 0 Å². The zero-order chi connectivity index (χ0) is 14.1. The summed E-state index contributed by atoms with van der Waals surface area (Å²) in [5.41, 5.74) is 6.96. The van der Waals surface area contributed by atoms with Gasteiger partial charge in [0, 0.05) is 23.2 Å². The predicted octanol–water partition coefficient (Wildman–Crippen LogP) is 3.54. The fourth-order valence-electron chi connectivity index (χ4n) is 1.66. The molecule has 0 saturated heterocycles. The van der Waals surface area contributed by atoms with Crippen LogP contribution in [0.2, 0.25) is 0 Å². The Morgan fingerprint density at radius 3 is 2.44 bits per heavy atom. The number of nitrogens with zero attached hydrogens (tertiary/aromatic N) is 1. The predicted molar refractivity (Wildman–Crippen MR) is 79.6 cm³/mol. The van der Waals surface area contributed by atoms with Gasteiger partial charge in [0.25, 0.3) is 5.91 Å². The van der Waals surface area contributed by atoms with Gasteiger partial charge in [-0.2, -0.15) is 0 Å². The van der Waals surface area contributed by atoms with Gasteiger partial charge in [-0.25, -0.2) is 0 Å². The zero-order valence-corrected chi connectivity index (χ0v) is 13.2. The van der Waals surface area contributed by atoms with E-state index >= 15 is 0 Å². The van der Waals surface area contributed by atoms with Gasteiger partial charge in [-0.1, -0.05) is 36.7 Å². The number of hydrogen-bond acceptors (Lipinski definition) is 2. The van der Waals surface area contributed by atoms with Gasteiger partial charge >= 0.3 is 0 Å². The highest BCUT2D eigenvalue weighted by Gasteiger charge is 2.28. The van der Waals surface area contributed by atoms with E-state index < -0.39 is 0 Å². The van der Waals surface area contributed by atoms with E-state index in [2.05, 4.69) is 36.7 Å². The lowest BCUT2D eigenvalue weighted by Crippen LogP contribution is -2.43. The molecule has 4 heteroatoms. The van der Waals surface area contributed by atoms with Crippen molar-refractivity contribution in [2.45, 2.75) is 33.7 Å². The summed E-state index contributed by atoms with van der Waals surface area (Å²) in [6.45, 7) is 8.40. The van der Waals surface area contributed by atoms with E-state index in [1.807, 2.05) is 20.0 Å². The Morgan fingerprint density at radius 2 is 1.94 bits per heavy atom. The van der Waals surface area contributed by atoms with Gasteiger partial charge in [-0.05, 0) is 30.5 Å². The van der Waals surface area contributed by atoms with Crippen LogP contribution in [0.3, 0.4) is 0 Å². The maximum atomic E-state index is 12.4. The molecule has 0 spiro atoms. The Hall–Kier alpha value is -1.03. The van der Waals surface area contributed by atoms with Crippen LogP contribution in [0, 0.1) is 5.41 Å². The molecule has 1 amide bonds. The van der Waals surface area contributed by atoms with Crippen molar-refractivity contribution < 1.29 is 4.79 Å². The van der Waals surface area contributed by atoms with Crippen molar-refractivity contribution in [3.63, 3.8) is 0 Å². The van der Waals surface area contributed by atoms with Crippen molar-refractivity contribution in [2.75, 3.05) is 12.8 Å². The van der Waals surface area contributed by atoms with Crippen LogP contribution in [0.15, 0.2) is 22.7 Å². The van der Waals surface area contributed by atoms with Crippen molar-refractivity contribution in [1.29, 1.82) is 0 Å². The molecule has 0 aliphatic rings. The van der Waals surface area contributed by atoms with Crippen molar-refractivity contribution in [2.24, 2.45) is 5.41 Å². The highest BCUT2D eigenvalue weighted by molar-refractivity contribution is 9.10. The molecule has 3 nitrogen and oxygen atoms in total. The second kappa shape index (κ2) is 5.31. The number of carbonyl (C=O) groups is 1. The fourth-order valence-corrected chi connectivity index (χ4v) is 2.02. The number of halogens is 1. The first-order valence-electron chi connectivity index (χ1n) is 5.96. The lowest BCUT2D eigenvalue weighted by atomic mass is 9.87. The molecule has 1 atom stereocenters. The van der Waals surface area contributed by atoms with Gasteiger partial charge in [0.1, 0.15) is 0 Å². The first kappa shape index (κ1) is 15.0. The lowest BCUT2D eigenvalue weighted by molar-refractivity contribution is 0.0630. The number of carbonyl (C=O) groups excluding carboxylic acids is 1. The summed E-state index contributed by atoms with van der Waals surface area (Å²) in [5, 5.41) is 0. The molecule has 0 saturated carbocycles. The van der Waals surface area contributed by atoms with E-state index in [1.54, 1.807) is 17.0 Å². The van der Waals surface area contributed by atoms with Crippen LogP contribution in [0.4, 0.5) is 5.69 Å². The van der Waals surface area contributed by atoms with Crippen LogP contribution in [-0.4, -0.2) is 23.9 Å². The zero-order valence-electron chi connectivity index (χ0n) is 11.6. The molecular formula is C14H21BrN2O. The summed E-state index contributed by atoms with van der Waals surface area (Å²) in [5.74, 6) is -0.0452. The first-order chi connectivity index (χ1) is 8.14. The number of benzene rings is 1. The molecule has 1 aromatic rings. The summed E-state index contributed by atoms with van der Waals surface area (Å²) in [6, 6.07) is 5.47. The van der Waals surface area contributed by atoms with Gasteiger partial charge in [0.05, 0.1) is 5.56 Å². The molecule has 0 radical (unpaired) electrons. The Bertz CT molecular complexity index is 452. The van der Waals surface area contributed by atoms with E-state index in [4.69, 9.17) is 5.73 Å². The highest BCUT2D eigenvalue weighted by Crippen LogP contribution is 2.26. The minimum Gasteiger partial charge on any atom is -0.398 e. The highest BCUT2D eigenvalue weighted by atomic mass is 79.9. The molecule has 1 aromatic carbocycles. The lowest BCUT2D eigenvalue weighted by Gasteiger charge is -2.35. The number of hydrogen-bond donors (Lipinski definition) is 1. The first-order valence-corrected chi connectivity index (χ1v) is 6.76. The molecular weight excluding hydrogens is 292 g/mol. The van der Waals surface area contributed by atoms with Gasteiger partial charge in [-0.3, -0.25) is 4.79 Å². The normalized spacial score (nSPS) is 13.2. The standard InChI is InChI=1S/C14H21BrN2O/c1-9(14(2,3)4)17(5)13(18)11-8-10(15)6-7-12(11)16/h6-9H,16H2,1-5H3. The van der Waals surface area contributed by atoms with E-state index in [1.165, 1.54) is 0 Å². The second-order valence-electron chi connectivity index (χ2n) is 5.69. The van der Waals surface area contributed by atoms with Crippen LogP contribution >= 0.6 is 15.9 Å². The Balaban J connectivity index is 3.04. The number of amides is 1. The van der Waals surface area contributed by atoms with E-state index in [-0.39, 0.29) is 17.4 Å². The van der Waals surface area contributed by atoms with Crippen LogP contribution in [0.5, 0.6) is 0 Å². The summed E-state index contributed by atoms with van der Waals surface area (Å²) in [7, 11) is 1.82. The maximum absolute atomic E-state index is 12.4. The van der Waals surface area contributed by atoms with Gasteiger partial charge in [0.15, 0.2) is 0 Å². The van der Waals surface area contributed by atoms with Crippen molar-refractivity contribution in [3.8, 4) is 0 Å². The molecule has 0 aromatic heterocycles. The Kier molecular flexibility index (Phi) is 4.43. The van der Waals surface area contributed by atoms with Crippen LogP contribution in [-0.2, 0) is 0 Å². The summed E-state index contributed by atoms with van der Waals surface area (Å²) < 4.78 is 0.858. The largest absolute Gasteiger partial charge is 0.398 e. The topological polar surface area (TPSA) is 46.3 Å². The van der Waals surface area contributed by atoms with Gasteiger partial charge in [-0.15, -0.1) is 0 Å². The van der Waals surface area contributed by atoms with Crippen molar-refractivity contribution in [1.82, 2.24) is 4.90 Å². The molecule has 0 heterocycles. The molecule has 0 fully saturated rings.